The Kier molecular flexibility index (Phi) is 4.27. The van der Waals surface area contributed by atoms with Crippen LogP contribution in [0.1, 0.15) is 24.8 Å². The van der Waals surface area contributed by atoms with Crippen molar-refractivity contribution in [1.82, 2.24) is 4.90 Å². The Bertz CT molecular complexity index is 434. The predicted molar refractivity (Wildman–Crippen MR) is 75.3 cm³/mol. The van der Waals surface area contributed by atoms with Gasteiger partial charge in [0.2, 0.25) is 5.91 Å². The van der Waals surface area contributed by atoms with Gasteiger partial charge in [0.05, 0.1) is 0 Å². The maximum absolute atomic E-state index is 12.4. The number of ether oxygens (including phenoxy) is 1. The summed E-state index contributed by atoms with van der Waals surface area (Å²) in [7, 11) is 1.86. The topological polar surface area (TPSA) is 29.5 Å². The molecule has 1 heterocycles. The number of hydrogen-bond donors (Lipinski definition) is 0. The molecule has 18 heavy (non-hydrogen) atoms. The summed E-state index contributed by atoms with van der Waals surface area (Å²) in [5, 5.41) is 0. The molecule has 98 valence electrons. The first kappa shape index (κ1) is 13.4. The van der Waals surface area contributed by atoms with E-state index in [0.29, 0.717) is 11.4 Å². The number of rotatable bonds is 4. The highest BCUT2D eigenvalue weighted by Crippen LogP contribution is 2.34. The lowest BCUT2D eigenvalue weighted by Gasteiger charge is -2.21. The van der Waals surface area contributed by atoms with Crippen molar-refractivity contribution in [3.05, 3.63) is 29.8 Å². The average molecular weight is 312 g/mol. The molecule has 0 saturated carbocycles. The smallest absolute Gasteiger partial charge is 0.233 e. The van der Waals surface area contributed by atoms with Crippen LogP contribution < -0.4 is 4.74 Å². The molecule has 1 aliphatic rings. The van der Waals surface area contributed by atoms with Crippen LogP contribution in [0.3, 0.4) is 0 Å². The average Bonchev–Trinajstić information content (AvgIpc) is 2.78. The van der Waals surface area contributed by atoms with Crippen LogP contribution in [0, 0.1) is 0 Å². The van der Waals surface area contributed by atoms with Gasteiger partial charge in [-0.15, -0.1) is 0 Å². The molecule has 0 radical (unpaired) electrons. The summed E-state index contributed by atoms with van der Waals surface area (Å²) in [6, 6.07) is 7.78. The second-order valence-electron chi connectivity index (χ2n) is 4.73. The van der Waals surface area contributed by atoms with E-state index in [9.17, 15) is 4.79 Å². The number of amides is 1. The second kappa shape index (κ2) is 5.74. The van der Waals surface area contributed by atoms with Gasteiger partial charge in [0.25, 0.3) is 0 Å². The van der Waals surface area contributed by atoms with E-state index in [1.165, 1.54) is 0 Å². The molecule has 0 bridgehead atoms. The normalized spacial score (nSPS) is 18.9. The Morgan fingerprint density at radius 3 is 3.00 bits per heavy atom. The number of carbonyl (C=O) groups is 1. The maximum atomic E-state index is 12.4. The van der Waals surface area contributed by atoms with Gasteiger partial charge < -0.3 is 9.64 Å². The van der Waals surface area contributed by atoms with Crippen LogP contribution in [0.25, 0.3) is 0 Å². The summed E-state index contributed by atoms with van der Waals surface area (Å²) in [5.74, 6) is 0.850. The van der Waals surface area contributed by atoms with E-state index in [2.05, 4.69) is 22.9 Å². The highest BCUT2D eigenvalue weighted by Gasteiger charge is 2.31. The lowest BCUT2D eigenvalue weighted by atomic mass is 10.00. The van der Waals surface area contributed by atoms with Crippen LogP contribution in [-0.2, 0) is 4.79 Å². The molecule has 1 aliphatic heterocycles. The van der Waals surface area contributed by atoms with Crippen molar-refractivity contribution in [2.45, 2.75) is 24.1 Å². The summed E-state index contributed by atoms with van der Waals surface area (Å²) in [6.45, 7) is 3.32. The van der Waals surface area contributed by atoms with E-state index < -0.39 is 0 Å². The number of para-hydroxylation sites is 1. The molecular formula is C14H18BrNO2. The van der Waals surface area contributed by atoms with Crippen molar-refractivity contribution < 1.29 is 9.53 Å². The van der Waals surface area contributed by atoms with E-state index in [1.54, 1.807) is 4.90 Å². The lowest BCUT2D eigenvalue weighted by Crippen LogP contribution is -2.33. The Hall–Kier alpha value is -1.03. The van der Waals surface area contributed by atoms with Crippen LogP contribution in [-0.4, -0.2) is 35.8 Å². The van der Waals surface area contributed by atoms with E-state index in [4.69, 9.17) is 4.74 Å². The minimum atomic E-state index is -0.142. The van der Waals surface area contributed by atoms with E-state index in [-0.39, 0.29) is 11.8 Å². The van der Waals surface area contributed by atoms with Gasteiger partial charge in [-0.3, -0.25) is 4.79 Å². The third-order valence-electron chi connectivity index (χ3n) is 3.24. The Morgan fingerprint density at radius 2 is 2.28 bits per heavy atom. The molecule has 2 atom stereocenters. The molecular weight excluding hydrogens is 294 g/mol. The van der Waals surface area contributed by atoms with Crippen molar-refractivity contribution >= 4 is 21.8 Å². The minimum absolute atomic E-state index is 0.142. The van der Waals surface area contributed by atoms with Gasteiger partial charge in [-0.2, -0.15) is 0 Å². The summed E-state index contributed by atoms with van der Waals surface area (Å²) in [5.41, 5.74) is 1.02. The van der Waals surface area contributed by atoms with Crippen LogP contribution in [0.15, 0.2) is 24.3 Å². The molecule has 0 N–H and O–H groups in total. The first-order valence-electron chi connectivity index (χ1n) is 6.20. The monoisotopic (exact) mass is 311 g/mol. The number of alkyl halides is 1. The molecule has 1 aromatic carbocycles. The van der Waals surface area contributed by atoms with Gasteiger partial charge >= 0.3 is 0 Å². The number of halogens is 1. The summed E-state index contributed by atoms with van der Waals surface area (Å²) < 4.78 is 5.55. The molecule has 0 saturated heterocycles. The minimum Gasteiger partial charge on any atom is -0.492 e. The molecule has 2 rings (SSSR count). The second-order valence-corrected chi connectivity index (χ2v) is 6.29. The van der Waals surface area contributed by atoms with E-state index in [0.717, 1.165) is 24.3 Å². The highest BCUT2D eigenvalue weighted by atomic mass is 79.9. The fraction of sp³-hybridized carbons (Fsp3) is 0.500. The van der Waals surface area contributed by atoms with E-state index in [1.807, 2.05) is 31.3 Å². The molecule has 1 aromatic rings. The summed E-state index contributed by atoms with van der Waals surface area (Å²) >= 11 is 3.50. The zero-order valence-corrected chi connectivity index (χ0v) is 12.3. The summed E-state index contributed by atoms with van der Waals surface area (Å²) in [6.07, 6.45) is 0.956. The first-order chi connectivity index (χ1) is 8.59. The Morgan fingerprint density at radius 1 is 1.56 bits per heavy atom. The SMILES string of the molecule is CC(Br)CCN(C)C(=O)C1COc2ccccc21. The quantitative estimate of drug-likeness (QED) is 0.800. The zero-order valence-electron chi connectivity index (χ0n) is 10.7. The Labute approximate surface area is 116 Å². The van der Waals surface area contributed by atoms with Crippen molar-refractivity contribution in [3.63, 3.8) is 0 Å². The number of fused-ring (bicyclic) bond motifs is 1. The van der Waals surface area contributed by atoms with Gasteiger partial charge in [-0.1, -0.05) is 41.1 Å². The van der Waals surface area contributed by atoms with Gasteiger partial charge in [0, 0.05) is 24.0 Å². The number of benzene rings is 1. The predicted octanol–water partition coefficient (Wildman–Crippen LogP) is 2.79. The molecule has 0 aliphatic carbocycles. The van der Waals surface area contributed by atoms with Crippen LogP contribution in [0.4, 0.5) is 0 Å². The molecule has 3 nitrogen and oxygen atoms in total. The van der Waals surface area contributed by atoms with Crippen LogP contribution >= 0.6 is 15.9 Å². The number of nitrogens with zero attached hydrogens (tertiary/aromatic N) is 1. The van der Waals surface area contributed by atoms with Gasteiger partial charge in [0.15, 0.2) is 0 Å². The number of likely N-dealkylation sites (N-methyl/N-ethyl adjacent to an activating group) is 1. The molecule has 0 fully saturated rings. The van der Waals surface area contributed by atoms with Crippen molar-refractivity contribution in [1.29, 1.82) is 0 Å². The first-order valence-corrected chi connectivity index (χ1v) is 7.12. The molecule has 0 spiro atoms. The van der Waals surface area contributed by atoms with Gasteiger partial charge in [0.1, 0.15) is 18.3 Å². The van der Waals surface area contributed by atoms with Crippen LogP contribution in [0.5, 0.6) is 5.75 Å². The molecule has 1 amide bonds. The van der Waals surface area contributed by atoms with Gasteiger partial charge in [-0.25, -0.2) is 0 Å². The molecule has 4 heteroatoms. The van der Waals surface area contributed by atoms with E-state index >= 15 is 0 Å². The highest BCUT2D eigenvalue weighted by molar-refractivity contribution is 9.09. The molecule has 0 aromatic heterocycles. The third-order valence-corrected chi connectivity index (χ3v) is 3.69. The largest absolute Gasteiger partial charge is 0.492 e. The van der Waals surface area contributed by atoms with Crippen molar-refractivity contribution in [2.24, 2.45) is 0 Å². The molecule has 2 unspecified atom stereocenters. The standard InChI is InChI=1S/C14H18BrNO2/c1-10(15)7-8-16(2)14(17)12-9-18-13-6-4-3-5-11(12)13/h3-6,10,12H,7-9H2,1-2H3. The van der Waals surface area contributed by atoms with Crippen molar-refractivity contribution in [2.75, 3.05) is 20.2 Å². The zero-order chi connectivity index (χ0) is 13.1. The maximum Gasteiger partial charge on any atom is 0.233 e. The van der Waals surface area contributed by atoms with Gasteiger partial charge in [-0.05, 0) is 12.5 Å². The fourth-order valence-electron chi connectivity index (χ4n) is 2.11. The lowest BCUT2D eigenvalue weighted by molar-refractivity contribution is -0.131. The fourth-order valence-corrected chi connectivity index (χ4v) is 2.32. The Balaban J connectivity index is 2.02. The third kappa shape index (κ3) is 2.86. The van der Waals surface area contributed by atoms with Crippen LogP contribution in [0.2, 0.25) is 0 Å². The number of carbonyl (C=O) groups excluding carboxylic acids is 1. The summed E-state index contributed by atoms with van der Waals surface area (Å²) in [4.78, 5) is 14.6. The van der Waals surface area contributed by atoms with Crippen molar-refractivity contribution in [3.8, 4) is 5.75 Å². The number of hydrogen-bond acceptors (Lipinski definition) is 2.